The third-order valence-corrected chi connectivity index (χ3v) is 7.48. The molecule has 174 valence electrons. The molecule has 0 saturated heterocycles. The monoisotopic (exact) mass is 480 g/mol. The fourth-order valence-electron chi connectivity index (χ4n) is 3.90. The molecule has 9 heteroatoms. The number of rotatable bonds is 6. The molecule has 1 aromatic heterocycles. The van der Waals surface area contributed by atoms with Gasteiger partial charge < -0.3 is 14.5 Å². The van der Waals surface area contributed by atoms with E-state index in [-0.39, 0.29) is 30.3 Å². The zero-order valence-corrected chi connectivity index (χ0v) is 19.1. The van der Waals surface area contributed by atoms with Crippen LogP contribution in [0, 0.1) is 12.7 Å². The van der Waals surface area contributed by atoms with Crippen molar-refractivity contribution in [2.75, 3.05) is 6.79 Å². The van der Waals surface area contributed by atoms with Crippen LogP contribution >= 0.6 is 0 Å². The highest BCUT2D eigenvalue weighted by Gasteiger charge is 2.27. The standard InChI is InChI=1S/C25H21FN2O5S/c1-16-2-8-22-18(10-16)12-19(25(29)27-22)14-28(34(30,31)21-6-4-20(26)5-7-21)13-17-3-9-23-24(11-17)33-15-32-23/h2-12H,13-15H2,1H3,(H,27,29). The van der Waals surface area contributed by atoms with E-state index in [1.54, 1.807) is 24.3 Å². The number of fused-ring (bicyclic) bond motifs is 2. The van der Waals surface area contributed by atoms with Crippen molar-refractivity contribution in [3.05, 3.63) is 99.6 Å². The summed E-state index contributed by atoms with van der Waals surface area (Å²) in [6, 6.07) is 17.1. The Bertz CT molecular complexity index is 1550. The van der Waals surface area contributed by atoms with Crippen LogP contribution in [0.2, 0.25) is 0 Å². The van der Waals surface area contributed by atoms with E-state index < -0.39 is 15.8 Å². The molecule has 4 aromatic rings. The maximum Gasteiger partial charge on any atom is 0.252 e. The Morgan fingerprint density at radius 1 is 0.941 bits per heavy atom. The SMILES string of the molecule is Cc1ccc2[nH]c(=O)c(CN(Cc3ccc4c(c3)OCO4)S(=O)(=O)c3ccc(F)cc3)cc2c1. The van der Waals surface area contributed by atoms with Gasteiger partial charge in [0, 0.05) is 24.2 Å². The fourth-order valence-corrected chi connectivity index (χ4v) is 5.31. The number of pyridine rings is 1. The van der Waals surface area contributed by atoms with Crippen molar-refractivity contribution < 1.29 is 22.3 Å². The highest BCUT2D eigenvalue weighted by molar-refractivity contribution is 7.89. The van der Waals surface area contributed by atoms with E-state index in [4.69, 9.17) is 9.47 Å². The van der Waals surface area contributed by atoms with E-state index >= 15 is 0 Å². The van der Waals surface area contributed by atoms with Crippen molar-refractivity contribution in [3.63, 3.8) is 0 Å². The summed E-state index contributed by atoms with van der Waals surface area (Å²) in [5, 5.41) is 0.803. The Kier molecular flexibility index (Phi) is 5.59. The van der Waals surface area contributed by atoms with Gasteiger partial charge in [-0.15, -0.1) is 0 Å². The lowest BCUT2D eigenvalue weighted by Crippen LogP contribution is -2.32. The number of aryl methyl sites for hydroxylation is 1. The first-order chi connectivity index (χ1) is 16.3. The lowest BCUT2D eigenvalue weighted by atomic mass is 10.1. The second kappa shape index (κ2) is 8.58. The van der Waals surface area contributed by atoms with Gasteiger partial charge in [-0.2, -0.15) is 4.31 Å². The number of nitrogens with one attached hydrogen (secondary N) is 1. The van der Waals surface area contributed by atoms with Crippen LogP contribution in [-0.2, 0) is 23.1 Å². The van der Waals surface area contributed by atoms with Crippen molar-refractivity contribution in [3.8, 4) is 11.5 Å². The molecular weight excluding hydrogens is 459 g/mol. The molecule has 0 spiro atoms. The summed E-state index contributed by atoms with van der Waals surface area (Å²) in [6.45, 7) is 1.84. The molecule has 34 heavy (non-hydrogen) atoms. The van der Waals surface area contributed by atoms with Crippen molar-refractivity contribution in [1.82, 2.24) is 9.29 Å². The van der Waals surface area contributed by atoms with Gasteiger partial charge in [0.1, 0.15) is 5.82 Å². The van der Waals surface area contributed by atoms with Gasteiger partial charge in [0.25, 0.3) is 5.56 Å². The number of H-pyrrole nitrogens is 1. The molecule has 0 aliphatic carbocycles. The zero-order valence-electron chi connectivity index (χ0n) is 18.2. The molecule has 5 rings (SSSR count). The largest absolute Gasteiger partial charge is 0.454 e. The Labute approximate surface area is 195 Å². The molecule has 0 amide bonds. The predicted octanol–water partition coefficient (Wildman–Crippen LogP) is 4.10. The first kappa shape index (κ1) is 22.1. The van der Waals surface area contributed by atoms with Crippen LogP contribution in [0.5, 0.6) is 11.5 Å². The van der Waals surface area contributed by atoms with Crippen molar-refractivity contribution in [2.24, 2.45) is 0 Å². The lowest BCUT2D eigenvalue weighted by Gasteiger charge is -2.22. The van der Waals surface area contributed by atoms with Crippen molar-refractivity contribution >= 4 is 20.9 Å². The predicted molar refractivity (Wildman–Crippen MR) is 125 cm³/mol. The molecule has 0 fully saturated rings. The van der Waals surface area contributed by atoms with Gasteiger partial charge >= 0.3 is 0 Å². The highest BCUT2D eigenvalue weighted by atomic mass is 32.2. The average molecular weight is 481 g/mol. The van der Waals surface area contributed by atoms with Gasteiger partial charge in [0.2, 0.25) is 16.8 Å². The second-order valence-corrected chi connectivity index (χ2v) is 10.1. The minimum absolute atomic E-state index is 0.0261. The summed E-state index contributed by atoms with van der Waals surface area (Å²) in [4.78, 5) is 15.6. The van der Waals surface area contributed by atoms with Gasteiger partial charge in [-0.1, -0.05) is 17.7 Å². The first-order valence-electron chi connectivity index (χ1n) is 10.6. The molecule has 0 saturated carbocycles. The molecule has 1 aliphatic heterocycles. The summed E-state index contributed by atoms with van der Waals surface area (Å²) in [7, 11) is -4.06. The van der Waals surface area contributed by atoms with Gasteiger partial charge in [0.15, 0.2) is 11.5 Å². The number of aromatic amines is 1. The molecule has 0 radical (unpaired) electrons. The Hall–Kier alpha value is -3.69. The number of benzene rings is 3. The third-order valence-electron chi connectivity index (χ3n) is 5.67. The van der Waals surface area contributed by atoms with E-state index in [2.05, 4.69) is 4.98 Å². The Morgan fingerprint density at radius 2 is 1.71 bits per heavy atom. The topological polar surface area (TPSA) is 88.7 Å². The summed E-state index contributed by atoms with van der Waals surface area (Å²) < 4.78 is 52.5. The van der Waals surface area contributed by atoms with E-state index in [1.165, 1.54) is 16.4 Å². The van der Waals surface area contributed by atoms with Gasteiger partial charge in [-0.05, 0) is 72.5 Å². The van der Waals surface area contributed by atoms with Gasteiger partial charge in [-0.3, -0.25) is 4.79 Å². The number of nitrogens with zero attached hydrogens (tertiary/aromatic N) is 1. The smallest absolute Gasteiger partial charge is 0.252 e. The molecule has 2 heterocycles. The number of sulfonamides is 1. The number of ether oxygens (including phenoxy) is 2. The van der Waals surface area contributed by atoms with Crippen molar-refractivity contribution in [1.29, 1.82) is 0 Å². The molecule has 1 N–H and O–H groups in total. The van der Waals surface area contributed by atoms with Crippen LogP contribution < -0.4 is 15.0 Å². The minimum atomic E-state index is -4.06. The Morgan fingerprint density at radius 3 is 2.50 bits per heavy atom. The summed E-state index contributed by atoms with van der Waals surface area (Å²) in [5.74, 6) is 0.566. The van der Waals surface area contributed by atoms with Crippen LogP contribution in [0.3, 0.4) is 0 Å². The van der Waals surface area contributed by atoms with Crippen LogP contribution in [0.25, 0.3) is 10.9 Å². The van der Waals surface area contributed by atoms with Crippen LogP contribution in [0.15, 0.2) is 76.4 Å². The summed E-state index contributed by atoms with van der Waals surface area (Å²) in [6.07, 6.45) is 0. The van der Waals surface area contributed by atoms with Gasteiger partial charge in [0.05, 0.1) is 4.90 Å². The number of hydrogen-bond donors (Lipinski definition) is 1. The van der Waals surface area contributed by atoms with Crippen LogP contribution in [0.1, 0.15) is 16.7 Å². The zero-order chi connectivity index (χ0) is 23.9. The molecular formula is C25H21FN2O5S. The van der Waals surface area contributed by atoms with E-state index in [0.29, 0.717) is 28.1 Å². The quantitative estimate of drug-likeness (QED) is 0.449. The molecule has 3 aromatic carbocycles. The molecule has 0 unspecified atom stereocenters. The van der Waals surface area contributed by atoms with Crippen LogP contribution in [0.4, 0.5) is 4.39 Å². The summed E-state index contributed by atoms with van der Waals surface area (Å²) >= 11 is 0. The maximum absolute atomic E-state index is 13.6. The molecule has 7 nitrogen and oxygen atoms in total. The van der Waals surface area contributed by atoms with E-state index in [0.717, 1.165) is 23.1 Å². The number of aromatic nitrogens is 1. The second-order valence-electron chi connectivity index (χ2n) is 8.13. The third kappa shape index (κ3) is 4.27. The van der Waals surface area contributed by atoms with E-state index in [9.17, 15) is 17.6 Å². The van der Waals surface area contributed by atoms with Crippen LogP contribution in [-0.4, -0.2) is 24.5 Å². The first-order valence-corrected chi connectivity index (χ1v) is 12.0. The fraction of sp³-hybridized carbons (Fsp3) is 0.160. The number of hydrogen-bond acceptors (Lipinski definition) is 5. The maximum atomic E-state index is 13.6. The molecule has 1 aliphatic rings. The number of halogens is 1. The molecule has 0 bridgehead atoms. The lowest BCUT2D eigenvalue weighted by molar-refractivity contribution is 0.174. The minimum Gasteiger partial charge on any atom is -0.454 e. The normalized spacial score (nSPS) is 13.0. The highest BCUT2D eigenvalue weighted by Crippen LogP contribution is 2.33. The average Bonchev–Trinajstić information content (AvgIpc) is 3.27. The Balaban J connectivity index is 1.56. The summed E-state index contributed by atoms with van der Waals surface area (Å²) in [5.41, 5.74) is 2.26. The van der Waals surface area contributed by atoms with E-state index in [1.807, 2.05) is 25.1 Å². The van der Waals surface area contributed by atoms with Crippen molar-refractivity contribution in [2.45, 2.75) is 24.9 Å². The molecule has 0 atom stereocenters. The van der Waals surface area contributed by atoms with Gasteiger partial charge in [-0.25, -0.2) is 12.8 Å².